The Bertz CT molecular complexity index is 161. The van der Waals surface area contributed by atoms with E-state index in [1.165, 1.54) is 51.4 Å². The van der Waals surface area contributed by atoms with Gasteiger partial charge in [-0.3, -0.25) is 0 Å². The Balaban J connectivity index is 3.22. The Kier molecular flexibility index (Phi) is 13.3. The second-order valence-corrected chi connectivity index (χ2v) is 5.49. The molecule has 0 spiro atoms. The van der Waals surface area contributed by atoms with E-state index in [1.54, 1.807) is 0 Å². The van der Waals surface area contributed by atoms with Crippen molar-refractivity contribution in [2.75, 3.05) is 13.2 Å². The zero-order chi connectivity index (χ0) is 13.6. The molecule has 110 valence electrons. The molecule has 0 heterocycles. The summed E-state index contributed by atoms with van der Waals surface area (Å²) >= 11 is 0. The molecule has 0 fully saturated rings. The van der Waals surface area contributed by atoms with Crippen LogP contribution < -0.4 is 5.32 Å². The van der Waals surface area contributed by atoms with Gasteiger partial charge in [-0.05, 0) is 46.1 Å². The fourth-order valence-electron chi connectivity index (χ4n) is 2.23. The van der Waals surface area contributed by atoms with Gasteiger partial charge in [-0.25, -0.2) is 0 Å². The lowest BCUT2D eigenvalue weighted by Gasteiger charge is -2.14. The zero-order valence-electron chi connectivity index (χ0n) is 13.1. The largest absolute Gasteiger partial charge is 0.379 e. The minimum absolute atomic E-state index is 0.452. The van der Waals surface area contributed by atoms with Gasteiger partial charge in [0.05, 0.1) is 6.10 Å². The highest BCUT2D eigenvalue weighted by atomic mass is 16.5. The number of unbranched alkanes of at least 4 members (excludes halogenated alkanes) is 4. The number of ether oxygens (including phenoxy) is 1. The van der Waals surface area contributed by atoms with Gasteiger partial charge in [-0.1, -0.05) is 39.5 Å². The molecule has 2 heteroatoms. The minimum atomic E-state index is 0.452. The van der Waals surface area contributed by atoms with Crippen LogP contribution in [-0.2, 0) is 4.74 Å². The lowest BCUT2D eigenvalue weighted by atomic mass is 10.1. The second kappa shape index (κ2) is 13.4. The molecule has 0 aliphatic rings. The predicted octanol–water partition coefficient (Wildman–Crippen LogP) is 4.53. The predicted molar refractivity (Wildman–Crippen MR) is 81.2 cm³/mol. The normalized spacial score (nSPS) is 14.7. The topological polar surface area (TPSA) is 21.3 Å². The molecule has 0 saturated heterocycles. The van der Waals surface area contributed by atoms with Crippen LogP contribution in [0.25, 0.3) is 0 Å². The van der Waals surface area contributed by atoms with Gasteiger partial charge in [0.2, 0.25) is 0 Å². The Morgan fingerprint density at radius 2 is 1.61 bits per heavy atom. The van der Waals surface area contributed by atoms with Crippen molar-refractivity contribution < 1.29 is 4.74 Å². The molecular weight excluding hydrogens is 222 g/mol. The monoisotopic (exact) mass is 257 g/mol. The third kappa shape index (κ3) is 12.4. The quantitative estimate of drug-likeness (QED) is 0.489. The fourth-order valence-corrected chi connectivity index (χ4v) is 2.23. The highest BCUT2D eigenvalue weighted by molar-refractivity contribution is 4.59. The summed E-state index contributed by atoms with van der Waals surface area (Å²) in [6.07, 6.45) is 10.8. The summed E-state index contributed by atoms with van der Waals surface area (Å²) in [5.74, 6) is 0. The van der Waals surface area contributed by atoms with E-state index in [2.05, 4.69) is 33.0 Å². The van der Waals surface area contributed by atoms with Gasteiger partial charge >= 0.3 is 0 Å². The molecule has 2 atom stereocenters. The van der Waals surface area contributed by atoms with Crippen LogP contribution in [0.3, 0.4) is 0 Å². The summed E-state index contributed by atoms with van der Waals surface area (Å²) in [7, 11) is 0. The first-order valence-corrected chi connectivity index (χ1v) is 8.05. The molecule has 18 heavy (non-hydrogen) atoms. The molecule has 2 unspecified atom stereocenters. The molecule has 0 bridgehead atoms. The van der Waals surface area contributed by atoms with E-state index in [0.29, 0.717) is 12.1 Å². The van der Waals surface area contributed by atoms with Crippen molar-refractivity contribution in [3.63, 3.8) is 0 Å². The van der Waals surface area contributed by atoms with Crippen LogP contribution in [0.5, 0.6) is 0 Å². The van der Waals surface area contributed by atoms with Crippen LogP contribution in [0.2, 0.25) is 0 Å². The lowest BCUT2D eigenvalue weighted by molar-refractivity contribution is 0.0555. The summed E-state index contributed by atoms with van der Waals surface area (Å²) in [5.41, 5.74) is 0. The van der Waals surface area contributed by atoms with E-state index in [9.17, 15) is 0 Å². The number of hydrogen-bond donors (Lipinski definition) is 1. The first-order valence-electron chi connectivity index (χ1n) is 8.05. The van der Waals surface area contributed by atoms with Crippen LogP contribution in [0.1, 0.15) is 79.1 Å². The average Bonchev–Trinajstić information content (AvgIpc) is 2.34. The smallest absolute Gasteiger partial charge is 0.0547 e. The van der Waals surface area contributed by atoms with E-state index in [-0.39, 0.29) is 0 Å². The molecule has 0 radical (unpaired) electrons. The van der Waals surface area contributed by atoms with Gasteiger partial charge in [0.15, 0.2) is 0 Å². The van der Waals surface area contributed by atoms with Crippen molar-refractivity contribution in [1.82, 2.24) is 5.32 Å². The summed E-state index contributed by atoms with van der Waals surface area (Å²) in [5, 5.41) is 3.44. The highest BCUT2D eigenvalue weighted by Gasteiger charge is 2.03. The summed E-state index contributed by atoms with van der Waals surface area (Å²) < 4.78 is 5.84. The minimum Gasteiger partial charge on any atom is -0.379 e. The SMILES string of the molecule is CCCCCCC(C)OCCCCC(C)NCC. The van der Waals surface area contributed by atoms with Gasteiger partial charge in [0, 0.05) is 12.6 Å². The molecule has 0 aromatic rings. The molecule has 2 nitrogen and oxygen atoms in total. The molecule has 0 amide bonds. The van der Waals surface area contributed by atoms with Gasteiger partial charge in [0.25, 0.3) is 0 Å². The van der Waals surface area contributed by atoms with Gasteiger partial charge in [0.1, 0.15) is 0 Å². The molecule has 0 aliphatic carbocycles. The van der Waals surface area contributed by atoms with Crippen LogP contribution >= 0.6 is 0 Å². The summed E-state index contributed by atoms with van der Waals surface area (Å²) in [4.78, 5) is 0. The van der Waals surface area contributed by atoms with Gasteiger partial charge < -0.3 is 10.1 Å². The van der Waals surface area contributed by atoms with E-state index in [4.69, 9.17) is 4.74 Å². The van der Waals surface area contributed by atoms with Crippen LogP contribution in [0, 0.1) is 0 Å². The number of rotatable bonds is 13. The van der Waals surface area contributed by atoms with Crippen molar-refractivity contribution in [2.24, 2.45) is 0 Å². The third-order valence-electron chi connectivity index (χ3n) is 3.45. The van der Waals surface area contributed by atoms with Crippen LogP contribution in [0.4, 0.5) is 0 Å². The number of nitrogens with one attached hydrogen (secondary N) is 1. The Hall–Kier alpha value is -0.0800. The molecule has 0 aromatic carbocycles. The molecular formula is C16H35NO. The Labute approximate surface area is 115 Å². The van der Waals surface area contributed by atoms with E-state index < -0.39 is 0 Å². The Morgan fingerprint density at radius 3 is 2.28 bits per heavy atom. The van der Waals surface area contributed by atoms with E-state index in [0.717, 1.165) is 13.2 Å². The van der Waals surface area contributed by atoms with E-state index in [1.807, 2.05) is 0 Å². The van der Waals surface area contributed by atoms with Crippen molar-refractivity contribution in [3.05, 3.63) is 0 Å². The second-order valence-electron chi connectivity index (χ2n) is 5.49. The van der Waals surface area contributed by atoms with Crippen molar-refractivity contribution in [3.8, 4) is 0 Å². The standard InChI is InChI=1S/C16H35NO/c1-5-7-8-9-13-16(4)18-14-11-10-12-15(3)17-6-2/h15-17H,5-14H2,1-4H3. The average molecular weight is 257 g/mol. The van der Waals surface area contributed by atoms with E-state index >= 15 is 0 Å². The van der Waals surface area contributed by atoms with Crippen molar-refractivity contribution >= 4 is 0 Å². The van der Waals surface area contributed by atoms with Gasteiger partial charge in [-0.15, -0.1) is 0 Å². The first-order chi connectivity index (χ1) is 8.70. The maximum atomic E-state index is 5.84. The molecule has 1 N–H and O–H groups in total. The maximum Gasteiger partial charge on any atom is 0.0547 e. The molecule has 0 aliphatic heterocycles. The van der Waals surface area contributed by atoms with Crippen molar-refractivity contribution in [2.45, 2.75) is 91.2 Å². The molecule has 0 aromatic heterocycles. The van der Waals surface area contributed by atoms with Crippen LogP contribution in [0.15, 0.2) is 0 Å². The van der Waals surface area contributed by atoms with Crippen LogP contribution in [-0.4, -0.2) is 25.3 Å². The molecule has 0 rings (SSSR count). The fraction of sp³-hybridized carbons (Fsp3) is 1.00. The van der Waals surface area contributed by atoms with Crippen molar-refractivity contribution in [1.29, 1.82) is 0 Å². The lowest BCUT2D eigenvalue weighted by Crippen LogP contribution is -2.25. The molecule has 0 saturated carbocycles. The third-order valence-corrected chi connectivity index (χ3v) is 3.45. The Morgan fingerprint density at radius 1 is 0.889 bits per heavy atom. The summed E-state index contributed by atoms with van der Waals surface area (Å²) in [6, 6.07) is 0.654. The summed E-state index contributed by atoms with van der Waals surface area (Å²) in [6.45, 7) is 10.9. The maximum absolute atomic E-state index is 5.84. The highest BCUT2D eigenvalue weighted by Crippen LogP contribution is 2.09. The zero-order valence-corrected chi connectivity index (χ0v) is 13.1. The van der Waals surface area contributed by atoms with Gasteiger partial charge in [-0.2, -0.15) is 0 Å². The first kappa shape index (κ1) is 17.9. The number of hydrogen-bond acceptors (Lipinski definition) is 2.